The number of carbonyl (C=O) groups is 2. The number of amides is 2. The molecule has 1 unspecified atom stereocenters. The Morgan fingerprint density at radius 1 is 1.03 bits per heavy atom. The summed E-state index contributed by atoms with van der Waals surface area (Å²) < 4.78 is 0. The normalized spacial score (nSPS) is 14.4. The summed E-state index contributed by atoms with van der Waals surface area (Å²) in [7, 11) is 0. The molecule has 3 heterocycles. The molecule has 0 radical (unpaired) electrons. The lowest BCUT2D eigenvalue weighted by Gasteiger charge is -2.15. The number of anilines is 1. The van der Waals surface area contributed by atoms with Crippen LogP contribution < -0.4 is 16.0 Å². The van der Waals surface area contributed by atoms with Crippen LogP contribution in [0.1, 0.15) is 39.1 Å². The van der Waals surface area contributed by atoms with Gasteiger partial charge in [0, 0.05) is 41.7 Å². The van der Waals surface area contributed by atoms with Crippen molar-refractivity contribution in [2.45, 2.75) is 18.9 Å². The summed E-state index contributed by atoms with van der Waals surface area (Å²) in [6.07, 6.45) is 5.08. The third-order valence-corrected chi connectivity index (χ3v) is 6.57. The number of pyridine rings is 2. The molecule has 1 fully saturated rings. The Morgan fingerprint density at radius 3 is 2.62 bits per heavy atom. The van der Waals surface area contributed by atoms with E-state index in [1.165, 1.54) is 12.3 Å². The van der Waals surface area contributed by atoms with Crippen molar-refractivity contribution in [3.63, 3.8) is 0 Å². The van der Waals surface area contributed by atoms with Crippen molar-refractivity contribution in [3.05, 3.63) is 95.8 Å². The van der Waals surface area contributed by atoms with Crippen LogP contribution in [0.5, 0.6) is 5.75 Å². The number of aromatic hydroxyl groups is 1. The summed E-state index contributed by atoms with van der Waals surface area (Å²) in [5.41, 5.74) is 2.70. The fourth-order valence-corrected chi connectivity index (χ4v) is 4.56. The van der Waals surface area contributed by atoms with Gasteiger partial charge in [0.2, 0.25) is 0 Å². The number of rotatable bonds is 7. The number of phenols is 1. The molecular formula is C30H26N6O3. The second-order valence-corrected chi connectivity index (χ2v) is 9.19. The smallest absolute Gasteiger partial charge is 0.258 e. The van der Waals surface area contributed by atoms with Crippen molar-refractivity contribution >= 4 is 17.6 Å². The van der Waals surface area contributed by atoms with Crippen molar-refractivity contribution in [1.82, 2.24) is 20.6 Å². The highest BCUT2D eigenvalue weighted by molar-refractivity contribution is 6.05. The van der Waals surface area contributed by atoms with Crippen LogP contribution in [-0.2, 0) is 0 Å². The molecule has 0 spiro atoms. The number of aromatic nitrogens is 2. The van der Waals surface area contributed by atoms with Gasteiger partial charge in [0.25, 0.3) is 11.8 Å². The maximum Gasteiger partial charge on any atom is 0.258 e. The Kier molecular flexibility index (Phi) is 7.57. The average molecular weight is 519 g/mol. The number of hydrogen-bond donors (Lipinski definition) is 4. The van der Waals surface area contributed by atoms with Gasteiger partial charge >= 0.3 is 0 Å². The van der Waals surface area contributed by atoms with Gasteiger partial charge < -0.3 is 21.1 Å². The lowest BCUT2D eigenvalue weighted by Crippen LogP contribution is -2.37. The number of hydrogen-bond acceptors (Lipinski definition) is 7. The molecule has 2 amide bonds. The fraction of sp³-hybridized carbons (Fsp3) is 0.167. The van der Waals surface area contributed by atoms with E-state index in [2.05, 4.69) is 32.0 Å². The first-order chi connectivity index (χ1) is 19.0. The van der Waals surface area contributed by atoms with Crippen molar-refractivity contribution in [2.24, 2.45) is 0 Å². The minimum atomic E-state index is -0.485. The molecule has 9 nitrogen and oxygen atoms in total. The van der Waals surface area contributed by atoms with Gasteiger partial charge in [-0.25, -0.2) is 4.98 Å². The summed E-state index contributed by atoms with van der Waals surface area (Å²) >= 11 is 0. The van der Waals surface area contributed by atoms with Crippen LogP contribution in [0.25, 0.3) is 22.4 Å². The third-order valence-electron chi connectivity index (χ3n) is 6.57. The molecule has 0 bridgehead atoms. The van der Waals surface area contributed by atoms with Gasteiger partial charge in [0.15, 0.2) is 5.82 Å². The quantitative estimate of drug-likeness (QED) is 0.288. The maximum atomic E-state index is 13.0. The van der Waals surface area contributed by atoms with Gasteiger partial charge in [0.1, 0.15) is 17.4 Å². The second kappa shape index (κ2) is 11.5. The molecule has 1 atom stereocenters. The lowest BCUT2D eigenvalue weighted by molar-refractivity contribution is 0.0949. The molecule has 4 aromatic rings. The van der Waals surface area contributed by atoms with E-state index in [4.69, 9.17) is 0 Å². The minimum Gasteiger partial charge on any atom is -0.507 e. The molecule has 2 aromatic heterocycles. The zero-order valence-electron chi connectivity index (χ0n) is 21.0. The van der Waals surface area contributed by atoms with Crippen molar-refractivity contribution in [2.75, 3.05) is 18.4 Å². The van der Waals surface area contributed by atoms with E-state index >= 15 is 0 Å². The monoisotopic (exact) mass is 518 g/mol. The predicted octanol–water partition coefficient (Wildman–Crippen LogP) is 4.12. The fourth-order valence-electron chi connectivity index (χ4n) is 4.56. The summed E-state index contributed by atoms with van der Waals surface area (Å²) in [4.78, 5) is 34.4. The van der Waals surface area contributed by atoms with E-state index < -0.39 is 5.91 Å². The molecule has 39 heavy (non-hydrogen) atoms. The number of carbonyl (C=O) groups excluding carboxylic acids is 2. The van der Waals surface area contributed by atoms with Gasteiger partial charge in [-0.05, 0) is 67.4 Å². The van der Waals surface area contributed by atoms with Crippen LogP contribution >= 0.6 is 0 Å². The van der Waals surface area contributed by atoms with Crippen LogP contribution in [0.3, 0.4) is 0 Å². The number of benzene rings is 2. The van der Waals surface area contributed by atoms with E-state index in [0.717, 1.165) is 19.4 Å². The van der Waals surface area contributed by atoms with Crippen molar-refractivity contribution in [1.29, 1.82) is 5.26 Å². The van der Waals surface area contributed by atoms with Gasteiger partial charge in [0.05, 0.1) is 11.3 Å². The number of nitriles is 1. The molecule has 0 aliphatic carbocycles. The second-order valence-electron chi connectivity index (χ2n) is 9.19. The van der Waals surface area contributed by atoms with E-state index in [1.807, 2.05) is 0 Å². The van der Waals surface area contributed by atoms with Crippen LogP contribution in [-0.4, -0.2) is 46.0 Å². The number of phenolic OH excluding ortho intramolecular Hbond substituents is 1. The molecular weight excluding hydrogens is 492 g/mol. The van der Waals surface area contributed by atoms with E-state index in [1.54, 1.807) is 66.9 Å². The van der Waals surface area contributed by atoms with Gasteiger partial charge in [-0.2, -0.15) is 5.26 Å². The molecule has 194 valence electrons. The first-order valence-electron chi connectivity index (χ1n) is 12.6. The first-order valence-corrected chi connectivity index (χ1v) is 12.6. The number of nitrogens with one attached hydrogen (secondary N) is 3. The van der Waals surface area contributed by atoms with Crippen LogP contribution in [0, 0.1) is 11.3 Å². The zero-order chi connectivity index (χ0) is 27.2. The summed E-state index contributed by atoms with van der Waals surface area (Å²) in [6, 6.07) is 21.0. The molecule has 1 saturated heterocycles. The van der Waals surface area contributed by atoms with E-state index in [-0.39, 0.29) is 29.1 Å². The molecule has 4 N–H and O–H groups in total. The van der Waals surface area contributed by atoms with Gasteiger partial charge in [-0.1, -0.05) is 24.3 Å². The molecule has 0 saturated carbocycles. The Balaban J connectivity index is 1.55. The largest absolute Gasteiger partial charge is 0.507 e. The number of para-hydroxylation sites is 1. The molecule has 2 aromatic carbocycles. The maximum absolute atomic E-state index is 13.0. The van der Waals surface area contributed by atoms with Crippen LogP contribution in [0.2, 0.25) is 0 Å². The van der Waals surface area contributed by atoms with E-state index in [0.29, 0.717) is 40.1 Å². The highest BCUT2D eigenvalue weighted by Crippen LogP contribution is 2.35. The van der Waals surface area contributed by atoms with Crippen LogP contribution in [0.15, 0.2) is 79.1 Å². The minimum absolute atomic E-state index is 0.00107. The Morgan fingerprint density at radius 2 is 1.87 bits per heavy atom. The van der Waals surface area contributed by atoms with Crippen molar-refractivity contribution < 1.29 is 14.7 Å². The highest BCUT2D eigenvalue weighted by Gasteiger charge is 2.20. The lowest BCUT2D eigenvalue weighted by atomic mass is 9.96. The van der Waals surface area contributed by atoms with Crippen LogP contribution in [0.4, 0.5) is 5.82 Å². The molecule has 5 rings (SSSR count). The summed E-state index contributed by atoms with van der Waals surface area (Å²) in [5.74, 6) is -0.673. The first kappa shape index (κ1) is 25.6. The average Bonchev–Trinajstić information content (AvgIpc) is 3.50. The van der Waals surface area contributed by atoms with Gasteiger partial charge in [-0.15, -0.1) is 0 Å². The molecule has 1 aliphatic rings. The summed E-state index contributed by atoms with van der Waals surface area (Å²) in [5, 5.41) is 29.7. The third kappa shape index (κ3) is 5.76. The Labute approximate surface area is 225 Å². The zero-order valence-corrected chi connectivity index (χ0v) is 21.0. The standard InChI is InChI=1S/C30H26N6O3/c31-16-25-24(19-6-3-7-20(14-19)29(38)34-18-22-9-5-13-33-22)15-26(23-10-1-2-11-27(23)37)35-28(25)36-30(39)21-8-4-12-32-17-21/h1-4,6-8,10-12,14-15,17,22,33,37H,5,9,13,18H2,(H,34,38)(H,35,36,39). The molecule has 1 aliphatic heterocycles. The van der Waals surface area contributed by atoms with Gasteiger partial charge in [-0.3, -0.25) is 14.6 Å². The van der Waals surface area contributed by atoms with E-state index in [9.17, 15) is 20.0 Å². The highest BCUT2D eigenvalue weighted by atomic mass is 16.3. The topological polar surface area (TPSA) is 140 Å². The summed E-state index contributed by atoms with van der Waals surface area (Å²) in [6.45, 7) is 1.48. The van der Waals surface area contributed by atoms with Crippen molar-refractivity contribution in [3.8, 4) is 34.2 Å². The predicted molar refractivity (Wildman–Crippen MR) is 147 cm³/mol. The SMILES string of the molecule is N#Cc1c(-c2cccc(C(=O)NCC3CCCN3)c2)cc(-c2ccccc2O)nc1NC(=O)c1cccnc1. The molecule has 9 heteroatoms. The Hall–Kier alpha value is -5.07. The number of nitrogens with zero attached hydrogens (tertiary/aromatic N) is 3. The Bertz CT molecular complexity index is 1560.